The molecule has 1 atom stereocenters. The predicted molar refractivity (Wildman–Crippen MR) is 84.3 cm³/mol. The molecule has 0 spiro atoms. The Hall–Kier alpha value is -1.41. The first kappa shape index (κ1) is 17.0. The average Bonchev–Trinajstić information content (AvgIpc) is 2.85. The SMILES string of the molecule is Cn1cnc(S(=O)(=O)NCC(CCO)c2ccccc2)c1Cl. The van der Waals surface area contributed by atoms with Gasteiger partial charge < -0.3 is 9.67 Å². The maximum Gasteiger partial charge on any atom is 0.261 e. The Morgan fingerprint density at radius 1 is 1.36 bits per heavy atom. The lowest BCUT2D eigenvalue weighted by atomic mass is 9.96. The zero-order valence-corrected chi connectivity index (χ0v) is 13.7. The lowest BCUT2D eigenvalue weighted by Gasteiger charge is -2.16. The van der Waals surface area contributed by atoms with Crippen molar-refractivity contribution in [1.82, 2.24) is 14.3 Å². The summed E-state index contributed by atoms with van der Waals surface area (Å²) in [6.07, 6.45) is 1.81. The number of halogens is 1. The minimum absolute atomic E-state index is 0.0222. The van der Waals surface area contributed by atoms with Gasteiger partial charge in [0, 0.05) is 20.2 Å². The zero-order chi connectivity index (χ0) is 16.2. The Morgan fingerprint density at radius 3 is 2.59 bits per heavy atom. The maximum absolute atomic E-state index is 12.3. The van der Waals surface area contributed by atoms with Gasteiger partial charge in [0.2, 0.25) is 5.03 Å². The van der Waals surface area contributed by atoms with E-state index in [0.29, 0.717) is 6.42 Å². The second-order valence-electron chi connectivity index (χ2n) is 4.92. The molecule has 0 amide bonds. The number of aromatic nitrogens is 2. The smallest absolute Gasteiger partial charge is 0.261 e. The molecular weight excluding hydrogens is 326 g/mol. The van der Waals surface area contributed by atoms with Crippen LogP contribution in [0.3, 0.4) is 0 Å². The number of aliphatic hydroxyl groups excluding tert-OH is 1. The molecule has 2 rings (SSSR count). The normalized spacial score (nSPS) is 13.2. The summed E-state index contributed by atoms with van der Waals surface area (Å²) in [5.41, 5.74) is 0.964. The molecule has 8 heteroatoms. The van der Waals surface area contributed by atoms with Gasteiger partial charge in [-0.25, -0.2) is 18.1 Å². The number of hydrogen-bond acceptors (Lipinski definition) is 4. The van der Waals surface area contributed by atoms with Crippen LogP contribution in [0.2, 0.25) is 5.15 Å². The van der Waals surface area contributed by atoms with Crippen molar-refractivity contribution in [3.8, 4) is 0 Å². The van der Waals surface area contributed by atoms with Crippen molar-refractivity contribution in [3.63, 3.8) is 0 Å². The number of aryl methyl sites for hydroxylation is 1. The molecular formula is C14H18ClN3O3S. The zero-order valence-electron chi connectivity index (χ0n) is 12.1. The van der Waals surface area contributed by atoms with Crippen LogP contribution < -0.4 is 4.72 Å². The summed E-state index contributed by atoms with van der Waals surface area (Å²) < 4.78 is 28.5. The first-order valence-corrected chi connectivity index (χ1v) is 8.64. The molecule has 0 saturated heterocycles. The molecule has 0 radical (unpaired) electrons. The summed E-state index contributed by atoms with van der Waals surface area (Å²) >= 11 is 5.93. The molecule has 6 nitrogen and oxygen atoms in total. The lowest BCUT2D eigenvalue weighted by molar-refractivity contribution is 0.275. The minimum atomic E-state index is -3.79. The summed E-state index contributed by atoms with van der Waals surface area (Å²) in [6, 6.07) is 9.45. The number of sulfonamides is 1. The van der Waals surface area contributed by atoms with E-state index in [1.165, 1.54) is 10.9 Å². The highest BCUT2D eigenvalue weighted by Gasteiger charge is 2.23. The van der Waals surface area contributed by atoms with Gasteiger partial charge in [0.25, 0.3) is 10.0 Å². The summed E-state index contributed by atoms with van der Waals surface area (Å²) in [4.78, 5) is 3.81. The molecule has 22 heavy (non-hydrogen) atoms. The molecule has 1 unspecified atom stereocenters. The number of rotatable bonds is 7. The molecule has 1 heterocycles. The van der Waals surface area contributed by atoms with Crippen molar-refractivity contribution in [2.24, 2.45) is 7.05 Å². The number of benzene rings is 1. The van der Waals surface area contributed by atoms with Crippen LogP contribution in [0.25, 0.3) is 0 Å². The van der Waals surface area contributed by atoms with Crippen molar-refractivity contribution in [3.05, 3.63) is 47.4 Å². The van der Waals surface area contributed by atoms with Crippen LogP contribution in [-0.2, 0) is 17.1 Å². The molecule has 1 aromatic heterocycles. The van der Waals surface area contributed by atoms with E-state index in [1.807, 2.05) is 30.3 Å². The van der Waals surface area contributed by atoms with E-state index in [4.69, 9.17) is 11.6 Å². The molecule has 2 aromatic rings. The van der Waals surface area contributed by atoms with Gasteiger partial charge in [-0.2, -0.15) is 0 Å². The second-order valence-corrected chi connectivity index (χ2v) is 6.96. The Balaban J connectivity index is 2.14. The molecule has 120 valence electrons. The largest absolute Gasteiger partial charge is 0.396 e. The fourth-order valence-electron chi connectivity index (χ4n) is 2.12. The highest BCUT2D eigenvalue weighted by molar-refractivity contribution is 7.89. The minimum Gasteiger partial charge on any atom is -0.396 e. The number of imidazole rings is 1. The fourth-order valence-corrected chi connectivity index (χ4v) is 3.63. The molecule has 0 fully saturated rings. The van der Waals surface area contributed by atoms with Gasteiger partial charge in [0.15, 0.2) is 0 Å². The van der Waals surface area contributed by atoms with Crippen molar-refractivity contribution < 1.29 is 13.5 Å². The van der Waals surface area contributed by atoms with E-state index >= 15 is 0 Å². The van der Waals surface area contributed by atoms with E-state index in [0.717, 1.165) is 5.56 Å². The number of aliphatic hydroxyl groups is 1. The molecule has 1 aromatic carbocycles. The van der Waals surface area contributed by atoms with Crippen LogP contribution in [0, 0.1) is 0 Å². The monoisotopic (exact) mass is 343 g/mol. The fraction of sp³-hybridized carbons (Fsp3) is 0.357. The predicted octanol–water partition coefficient (Wildman–Crippen LogP) is 1.52. The Morgan fingerprint density at radius 2 is 2.05 bits per heavy atom. The average molecular weight is 344 g/mol. The van der Waals surface area contributed by atoms with Crippen molar-refractivity contribution in [2.45, 2.75) is 17.4 Å². The quantitative estimate of drug-likeness (QED) is 0.798. The number of hydrogen-bond donors (Lipinski definition) is 2. The van der Waals surface area contributed by atoms with Gasteiger partial charge in [-0.15, -0.1) is 0 Å². The number of nitrogens with zero attached hydrogens (tertiary/aromatic N) is 2. The summed E-state index contributed by atoms with van der Waals surface area (Å²) in [5, 5.41) is 9.05. The van der Waals surface area contributed by atoms with Gasteiger partial charge in [0.1, 0.15) is 5.15 Å². The summed E-state index contributed by atoms with van der Waals surface area (Å²) in [6.45, 7) is 0.144. The van der Waals surface area contributed by atoms with Gasteiger partial charge in [-0.1, -0.05) is 41.9 Å². The van der Waals surface area contributed by atoms with E-state index in [-0.39, 0.29) is 29.2 Å². The van der Waals surface area contributed by atoms with E-state index in [1.54, 1.807) is 7.05 Å². The standard InChI is InChI=1S/C14H18ClN3O3S/c1-18-10-16-14(13(18)15)22(20,21)17-9-12(7-8-19)11-5-3-2-4-6-11/h2-6,10,12,17,19H,7-9H2,1H3. The van der Waals surface area contributed by atoms with E-state index in [9.17, 15) is 13.5 Å². The highest BCUT2D eigenvalue weighted by Crippen LogP contribution is 2.21. The molecule has 0 aliphatic rings. The van der Waals surface area contributed by atoms with Gasteiger partial charge >= 0.3 is 0 Å². The Labute approximate surface area is 134 Å². The van der Waals surface area contributed by atoms with Crippen LogP contribution >= 0.6 is 11.6 Å². The van der Waals surface area contributed by atoms with Crippen molar-refractivity contribution in [1.29, 1.82) is 0 Å². The molecule has 0 saturated carbocycles. The van der Waals surface area contributed by atoms with Gasteiger partial charge in [-0.05, 0) is 17.9 Å². The Kier molecular flexibility index (Phi) is 5.57. The maximum atomic E-state index is 12.3. The van der Waals surface area contributed by atoms with Crippen LogP contribution in [-0.4, -0.2) is 36.2 Å². The molecule has 0 bridgehead atoms. The van der Waals surface area contributed by atoms with E-state index in [2.05, 4.69) is 9.71 Å². The first-order chi connectivity index (χ1) is 10.5. The Bertz CT molecular complexity index is 716. The second kappa shape index (κ2) is 7.23. The van der Waals surface area contributed by atoms with Crippen molar-refractivity contribution >= 4 is 21.6 Å². The third-order valence-electron chi connectivity index (χ3n) is 3.36. The van der Waals surface area contributed by atoms with Crippen LogP contribution in [0.4, 0.5) is 0 Å². The van der Waals surface area contributed by atoms with Crippen LogP contribution in [0.5, 0.6) is 0 Å². The van der Waals surface area contributed by atoms with Crippen LogP contribution in [0.1, 0.15) is 17.9 Å². The molecule has 0 aliphatic heterocycles. The third-order valence-corrected chi connectivity index (χ3v) is 5.27. The topological polar surface area (TPSA) is 84.2 Å². The molecule has 2 N–H and O–H groups in total. The lowest BCUT2D eigenvalue weighted by Crippen LogP contribution is -2.29. The summed E-state index contributed by atoms with van der Waals surface area (Å²) in [5.74, 6) is -0.122. The number of nitrogens with one attached hydrogen (secondary N) is 1. The van der Waals surface area contributed by atoms with Crippen molar-refractivity contribution in [2.75, 3.05) is 13.2 Å². The van der Waals surface area contributed by atoms with Gasteiger partial charge in [0.05, 0.1) is 6.33 Å². The van der Waals surface area contributed by atoms with E-state index < -0.39 is 10.0 Å². The third kappa shape index (κ3) is 3.86. The van der Waals surface area contributed by atoms with Crippen LogP contribution in [0.15, 0.2) is 41.7 Å². The highest BCUT2D eigenvalue weighted by atomic mass is 35.5. The molecule has 0 aliphatic carbocycles. The van der Waals surface area contributed by atoms with Gasteiger partial charge in [-0.3, -0.25) is 0 Å². The summed E-state index contributed by atoms with van der Waals surface area (Å²) in [7, 11) is -2.17. The first-order valence-electron chi connectivity index (χ1n) is 6.78.